The van der Waals surface area contributed by atoms with Crippen molar-refractivity contribution in [1.29, 1.82) is 0 Å². The Balaban J connectivity index is 2.05. The van der Waals surface area contributed by atoms with Crippen LogP contribution in [0.15, 0.2) is 47.4 Å². The molecule has 0 amide bonds. The maximum atomic E-state index is 13.0. The van der Waals surface area contributed by atoms with Crippen LogP contribution in [0.5, 0.6) is 0 Å². The van der Waals surface area contributed by atoms with Crippen molar-refractivity contribution in [3.05, 3.63) is 63.9 Å². The lowest BCUT2D eigenvalue weighted by Crippen LogP contribution is -2.03. The quantitative estimate of drug-likeness (QED) is 0.576. The van der Waals surface area contributed by atoms with Gasteiger partial charge in [-0.25, -0.2) is 4.39 Å². The lowest BCUT2D eigenvalue weighted by Gasteiger charge is -2.04. The zero-order valence-corrected chi connectivity index (χ0v) is 12.0. The molecule has 0 aromatic heterocycles. The second-order valence-electron chi connectivity index (χ2n) is 3.79. The molecule has 2 aromatic carbocycles. The molecule has 0 unspecified atom stereocenters. The maximum absolute atomic E-state index is 13.0. The average molecular weight is 315 g/mol. The molecule has 0 bridgehead atoms. The van der Waals surface area contributed by atoms with Crippen LogP contribution in [0, 0.1) is 5.82 Å². The number of Topliss-reactive ketones (excluding diaryl/α,β-unsaturated/α-hetero) is 1. The fraction of sp³-hybridized carbons (Fsp3) is 0.0714. The van der Waals surface area contributed by atoms with Gasteiger partial charge in [0, 0.05) is 15.5 Å². The zero-order valence-electron chi connectivity index (χ0n) is 9.70. The van der Waals surface area contributed by atoms with Gasteiger partial charge in [0.25, 0.3) is 0 Å². The summed E-state index contributed by atoms with van der Waals surface area (Å²) in [4.78, 5) is 12.7. The van der Waals surface area contributed by atoms with Crippen LogP contribution in [-0.4, -0.2) is 11.5 Å². The molecule has 0 atom stereocenters. The minimum absolute atomic E-state index is 0.115. The topological polar surface area (TPSA) is 17.1 Å². The van der Waals surface area contributed by atoms with E-state index >= 15 is 0 Å². The van der Waals surface area contributed by atoms with Crippen molar-refractivity contribution in [1.82, 2.24) is 0 Å². The number of rotatable bonds is 4. The molecule has 0 heterocycles. The summed E-state index contributed by atoms with van der Waals surface area (Å²) in [6.45, 7) is 0. The van der Waals surface area contributed by atoms with E-state index in [1.807, 2.05) is 0 Å². The first-order valence-electron chi connectivity index (χ1n) is 5.43. The predicted molar refractivity (Wildman–Crippen MR) is 77.9 cm³/mol. The first kappa shape index (κ1) is 14.4. The molecule has 0 saturated heterocycles. The van der Waals surface area contributed by atoms with E-state index in [4.69, 9.17) is 23.2 Å². The molecule has 98 valence electrons. The van der Waals surface area contributed by atoms with Gasteiger partial charge in [0.15, 0.2) is 5.78 Å². The fourth-order valence-corrected chi connectivity index (χ4v) is 2.84. The Labute approximate surface area is 124 Å². The normalized spacial score (nSPS) is 10.5. The lowest BCUT2D eigenvalue weighted by atomic mass is 10.1. The summed E-state index contributed by atoms with van der Waals surface area (Å²) >= 11 is 13.0. The Morgan fingerprint density at radius 1 is 1.16 bits per heavy atom. The molecule has 0 fully saturated rings. The Bertz CT molecular complexity index is 616. The number of thioether (sulfide) groups is 1. The van der Waals surface area contributed by atoms with Crippen LogP contribution in [0.1, 0.15) is 10.4 Å². The first-order valence-corrected chi connectivity index (χ1v) is 7.17. The van der Waals surface area contributed by atoms with E-state index in [-0.39, 0.29) is 17.4 Å². The molecule has 2 rings (SSSR count). The molecule has 0 aliphatic rings. The summed E-state index contributed by atoms with van der Waals surface area (Å²) in [6.07, 6.45) is 0. The molecular weight excluding hydrogens is 306 g/mol. The second kappa shape index (κ2) is 6.42. The Kier molecular flexibility index (Phi) is 4.86. The van der Waals surface area contributed by atoms with Crippen LogP contribution in [0.2, 0.25) is 10.0 Å². The number of benzene rings is 2. The number of hydrogen-bond donors (Lipinski definition) is 0. The third kappa shape index (κ3) is 3.96. The largest absolute Gasteiger partial charge is 0.293 e. The number of hydrogen-bond acceptors (Lipinski definition) is 2. The lowest BCUT2D eigenvalue weighted by molar-refractivity contribution is 0.102. The van der Waals surface area contributed by atoms with Crippen LogP contribution in [0.3, 0.4) is 0 Å². The van der Waals surface area contributed by atoms with Crippen molar-refractivity contribution in [3.63, 3.8) is 0 Å². The summed E-state index contributed by atoms with van der Waals surface area (Å²) in [7, 11) is 0. The molecule has 0 radical (unpaired) electrons. The van der Waals surface area contributed by atoms with Gasteiger partial charge in [-0.3, -0.25) is 4.79 Å². The SMILES string of the molecule is O=C(CSc1cccc(F)c1)c1ccc(Cl)cc1Cl. The molecule has 2 aromatic rings. The molecular formula is C14H9Cl2FOS. The van der Waals surface area contributed by atoms with Gasteiger partial charge >= 0.3 is 0 Å². The standard InChI is InChI=1S/C14H9Cl2FOS/c15-9-4-5-12(13(16)6-9)14(18)8-19-11-3-1-2-10(17)7-11/h1-7H,8H2. The van der Waals surface area contributed by atoms with Crippen molar-refractivity contribution in [2.75, 3.05) is 5.75 Å². The molecule has 0 saturated carbocycles. The van der Waals surface area contributed by atoms with E-state index < -0.39 is 0 Å². The van der Waals surface area contributed by atoms with Gasteiger partial charge in [-0.2, -0.15) is 0 Å². The third-order valence-corrected chi connectivity index (χ3v) is 3.94. The van der Waals surface area contributed by atoms with Crippen LogP contribution in [0.25, 0.3) is 0 Å². The van der Waals surface area contributed by atoms with E-state index in [0.29, 0.717) is 20.5 Å². The molecule has 5 heteroatoms. The van der Waals surface area contributed by atoms with Gasteiger partial charge in [-0.05, 0) is 36.4 Å². The summed E-state index contributed by atoms with van der Waals surface area (Å²) in [5.74, 6) is -0.233. The summed E-state index contributed by atoms with van der Waals surface area (Å²) in [5, 5.41) is 0.816. The number of halogens is 3. The van der Waals surface area contributed by atoms with Gasteiger partial charge in [0.05, 0.1) is 10.8 Å². The Morgan fingerprint density at radius 3 is 2.63 bits per heavy atom. The van der Waals surface area contributed by atoms with E-state index in [2.05, 4.69) is 0 Å². The maximum Gasteiger partial charge on any atom is 0.174 e. The van der Waals surface area contributed by atoms with Gasteiger partial charge in [-0.15, -0.1) is 11.8 Å². The highest BCUT2D eigenvalue weighted by molar-refractivity contribution is 8.00. The van der Waals surface area contributed by atoms with Crippen LogP contribution >= 0.6 is 35.0 Å². The van der Waals surface area contributed by atoms with E-state index in [0.717, 1.165) is 0 Å². The molecule has 0 aliphatic heterocycles. The van der Waals surface area contributed by atoms with Crippen molar-refractivity contribution >= 4 is 40.7 Å². The minimum atomic E-state index is -0.318. The van der Waals surface area contributed by atoms with E-state index in [1.165, 1.54) is 30.0 Å². The molecule has 1 nitrogen and oxygen atoms in total. The number of carbonyl (C=O) groups is 1. The summed E-state index contributed by atoms with van der Waals surface area (Å²) in [5.41, 5.74) is 0.426. The van der Waals surface area contributed by atoms with E-state index in [1.54, 1.807) is 24.3 Å². The Morgan fingerprint density at radius 2 is 1.95 bits per heavy atom. The zero-order chi connectivity index (χ0) is 13.8. The molecule has 0 aliphatic carbocycles. The average Bonchev–Trinajstić information content (AvgIpc) is 2.36. The van der Waals surface area contributed by atoms with Gasteiger partial charge < -0.3 is 0 Å². The highest BCUT2D eigenvalue weighted by atomic mass is 35.5. The van der Waals surface area contributed by atoms with Crippen molar-refractivity contribution in [2.24, 2.45) is 0 Å². The van der Waals surface area contributed by atoms with Crippen molar-refractivity contribution < 1.29 is 9.18 Å². The monoisotopic (exact) mass is 314 g/mol. The van der Waals surface area contributed by atoms with Gasteiger partial charge in [0.1, 0.15) is 5.82 Å². The minimum Gasteiger partial charge on any atom is -0.293 e. The predicted octanol–water partition coefficient (Wildman–Crippen LogP) is 5.11. The van der Waals surface area contributed by atoms with Crippen molar-refractivity contribution in [3.8, 4) is 0 Å². The first-order chi connectivity index (χ1) is 9.06. The van der Waals surface area contributed by atoms with Gasteiger partial charge in [-0.1, -0.05) is 29.3 Å². The second-order valence-corrected chi connectivity index (χ2v) is 5.69. The highest BCUT2D eigenvalue weighted by Crippen LogP contribution is 2.25. The molecule has 19 heavy (non-hydrogen) atoms. The molecule has 0 N–H and O–H groups in total. The Hall–Kier alpha value is -1.03. The highest BCUT2D eigenvalue weighted by Gasteiger charge is 2.11. The third-order valence-electron chi connectivity index (χ3n) is 2.40. The number of ketones is 1. The van der Waals surface area contributed by atoms with Crippen molar-refractivity contribution in [2.45, 2.75) is 4.90 Å². The summed E-state index contributed by atoms with van der Waals surface area (Å²) in [6, 6.07) is 10.9. The van der Waals surface area contributed by atoms with Crippen LogP contribution in [-0.2, 0) is 0 Å². The van der Waals surface area contributed by atoms with E-state index in [9.17, 15) is 9.18 Å². The van der Waals surface area contributed by atoms with Crippen LogP contribution in [0.4, 0.5) is 4.39 Å². The smallest absolute Gasteiger partial charge is 0.174 e. The summed E-state index contributed by atoms with van der Waals surface area (Å²) < 4.78 is 13.0. The van der Waals surface area contributed by atoms with Crippen LogP contribution < -0.4 is 0 Å². The fourth-order valence-electron chi connectivity index (χ4n) is 1.50. The van der Waals surface area contributed by atoms with Gasteiger partial charge in [0.2, 0.25) is 0 Å². The molecule has 0 spiro atoms. The number of carbonyl (C=O) groups excluding carboxylic acids is 1.